The van der Waals surface area contributed by atoms with Crippen LogP contribution in [0.2, 0.25) is 0 Å². The molecule has 0 saturated carbocycles. The van der Waals surface area contributed by atoms with Crippen molar-refractivity contribution >= 4 is 29.1 Å². The van der Waals surface area contributed by atoms with Gasteiger partial charge in [-0.2, -0.15) is 0 Å². The zero-order valence-corrected chi connectivity index (χ0v) is 15.1. The molecule has 1 N–H and O–H groups in total. The summed E-state index contributed by atoms with van der Waals surface area (Å²) in [7, 11) is 0. The largest absolute Gasteiger partial charge is 0.343 e. The Hall–Kier alpha value is -2.37. The molecule has 25 heavy (non-hydrogen) atoms. The summed E-state index contributed by atoms with van der Waals surface area (Å²) in [4.78, 5) is 39.0. The number of anilines is 2. The summed E-state index contributed by atoms with van der Waals surface area (Å²) in [5.74, 6) is -0.127. The highest BCUT2D eigenvalue weighted by Gasteiger charge is 2.18. The van der Waals surface area contributed by atoms with Crippen molar-refractivity contribution in [3.8, 4) is 0 Å². The molecule has 1 aromatic rings. The summed E-state index contributed by atoms with van der Waals surface area (Å²) < 4.78 is 0. The minimum atomic E-state index is -0.140. The second kappa shape index (κ2) is 9.20. The fourth-order valence-electron chi connectivity index (χ4n) is 3.08. The van der Waals surface area contributed by atoms with Gasteiger partial charge in [0.05, 0.1) is 0 Å². The van der Waals surface area contributed by atoms with E-state index in [-0.39, 0.29) is 17.7 Å². The Balaban J connectivity index is 1.97. The van der Waals surface area contributed by atoms with Crippen LogP contribution < -0.4 is 10.2 Å². The zero-order chi connectivity index (χ0) is 18.2. The molecule has 1 saturated heterocycles. The molecule has 3 amide bonds. The number of nitrogens with zero attached hydrogens (tertiary/aromatic N) is 2. The van der Waals surface area contributed by atoms with E-state index < -0.39 is 0 Å². The van der Waals surface area contributed by atoms with Crippen molar-refractivity contribution in [3.63, 3.8) is 0 Å². The Labute approximate surface area is 149 Å². The van der Waals surface area contributed by atoms with E-state index in [2.05, 4.69) is 5.32 Å². The van der Waals surface area contributed by atoms with Crippen molar-refractivity contribution in [2.75, 3.05) is 29.9 Å². The molecule has 136 valence electrons. The molecule has 1 heterocycles. The first-order valence-corrected chi connectivity index (χ1v) is 8.91. The number of likely N-dealkylation sites (tertiary alicyclic amines) is 1. The molecule has 1 aliphatic heterocycles. The smallest absolute Gasteiger partial charge is 0.224 e. The Morgan fingerprint density at radius 2 is 1.60 bits per heavy atom. The normalized spacial score (nSPS) is 14.6. The van der Waals surface area contributed by atoms with E-state index in [1.165, 1.54) is 26.7 Å². The molecule has 0 radical (unpaired) electrons. The number of rotatable bonds is 5. The van der Waals surface area contributed by atoms with Crippen LogP contribution in [0.25, 0.3) is 0 Å². The summed E-state index contributed by atoms with van der Waals surface area (Å²) in [5, 5.41) is 2.70. The maximum atomic E-state index is 12.4. The van der Waals surface area contributed by atoms with Gasteiger partial charge in [-0.1, -0.05) is 12.8 Å². The number of hydrogen-bond donors (Lipinski definition) is 1. The lowest BCUT2D eigenvalue weighted by Crippen LogP contribution is -2.36. The quantitative estimate of drug-likeness (QED) is 0.892. The Morgan fingerprint density at radius 3 is 2.12 bits per heavy atom. The summed E-state index contributed by atoms with van der Waals surface area (Å²) in [6.45, 7) is 4.96. The van der Waals surface area contributed by atoms with Crippen LogP contribution in [0.4, 0.5) is 11.4 Å². The minimum Gasteiger partial charge on any atom is -0.343 e. The number of nitrogens with one attached hydrogen (secondary N) is 1. The Kier molecular flexibility index (Phi) is 6.98. The Morgan fingerprint density at radius 1 is 1.00 bits per heavy atom. The van der Waals surface area contributed by atoms with Gasteiger partial charge in [0, 0.05) is 51.3 Å². The molecule has 0 spiro atoms. The third-order valence-corrected chi connectivity index (χ3v) is 4.39. The topological polar surface area (TPSA) is 69.7 Å². The van der Waals surface area contributed by atoms with Crippen molar-refractivity contribution in [3.05, 3.63) is 24.3 Å². The summed E-state index contributed by atoms with van der Waals surface area (Å²) >= 11 is 0. The molecule has 1 fully saturated rings. The highest BCUT2D eigenvalue weighted by atomic mass is 16.2. The van der Waals surface area contributed by atoms with E-state index in [0.29, 0.717) is 18.7 Å². The van der Waals surface area contributed by atoms with Crippen molar-refractivity contribution in [2.24, 2.45) is 0 Å². The molecule has 0 bridgehead atoms. The van der Waals surface area contributed by atoms with Crippen molar-refractivity contribution in [2.45, 2.75) is 46.0 Å². The highest BCUT2D eigenvalue weighted by Crippen LogP contribution is 2.19. The van der Waals surface area contributed by atoms with Crippen molar-refractivity contribution in [1.82, 2.24) is 4.90 Å². The third kappa shape index (κ3) is 5.89. The van der Waals surface area contributed by atoms with Gasteiger partial charge >= 0.3 is 0 Å². The van der Waals surface area contributed by atoms with Gasteiger partial charge in [-0.15, -0.1) is 0 Å². The summed E-state index contributed by atoms with van der Waals surface area (Å²) in [6, 6.07) is 7.07. The molecule has 6 heteroatoms. The van der Waals surface area contributed by atoms with Crippen molar-refractivity contribution in [1.29, 1.82) is 0 Å². The third-order valence-electron chi connectivity index (χ3n) is 4.39. The molecular weight excluding hydrogens is 318 g/mol. The lowest BCUT2D eigenvalue weighted by atomic mass is 10.2. The maximum Gasteiger partial charge on any atom is 0.224 e. The van der Waals surface area contributed by atoms with Gasteiger partial charge in [-0.3, -0.25) is 14.4 Å². The van der Waals surface area contributed by atoms with Crippen LogP contribution in [0.15, 0.2) is 24.3 Å². The lowest BCUT2D eigenvalue weighted by Gasteiger charge is -2.24. The van der Waals surface area contributed by atoms with Gasteiger partial charge in [0.2, 0.25) is 17.7 Å². The molecule has 1 aromatic carbocycles. The van der Waals surface area contributed by atoms with E-state index >= 15 is 0 Å². The van der Waals surface area contributed by atoms with Gasteiger partial charge in [-0.05, 0) is 37.1 Å². The first-order valence-electron chi connectivity index (χ1n) is 8.91. The van der Waals surface area contributed by atoms with E-state index in [1.807, 2.05) is 4.90 Å². The fourth-order valence-corrected chi connectivity index (χ4v) is 3.08. The average Bonchev–Trinajstić information content (AvgIpc) is 2.85. The van der Waals surface area contributed by atoms with E-state index in [9.17, 15) is 14.4 Å². The molecular formula is C19H27N3O3. The highest BCUT2D eigenvalue weighted by molar-refractivity contribution is 5.93. The first kappa shape index (κ1) is 19.0. The van der Waals surface area contributed by atoms with Crippen molar-refractivity contribution < 1.29 is 14.4 Å². The van der Waals surface area contributed by atoms with Gasteiger partial charge < -0.3 is 15.1 Å². The maximum absolute atomic E-state index is 12.4. The second-order valence-corrected chi connectivity index (χ2v) is 6.44. The lowest BCUT2D eigenvalue weighted by molar-refractivity contribution is -0.131. The molecule has 6 nitrogen and oxygen atoms in total. The molecule has 1 aliphatic rings. The van der Waals surface area contributed by atoms with Crippen LogP contribution in [0.3, 0.4) is 0 Å². The van der Waals surface area contributed by atoms with Crippen LogP contribution in [0.5, 0.6) is 0 Å². The van der Waals surface area contributed by atoms with E-state index in [4.69, 9.17) is 0 Å². The standard InChI is InChI=1S/C19H27N3O3/c1-15(23)20-17-7-9-18(10-8-17)22(16(2)24)14-11-19(25)21-12-5-3-4-6-13-21/h7-10H,3-6,11-14H2,1-2H3,(H,20,23). The van der Waals surface area contributed by atoms with Gasteiger partial charge in [-0.25, -0.2) is 0 Å². The summed E-state index contributed by atoms with van der Waals surface area (Å²) in [6.07, 6.45) is 4.82. The van der Waals surface area contributed by atoms with Crippen LogP contribution >= 0.6 is 0 Å². The van der Waals surface area contributed by atoms with Gasteiger partial charge in [0.1, 0.15) is 0 Å². The zero-order valence-electron chi connectivity index (χ0n) is 15.1. The number of benzene rings is 1. The van der Waals surface area contributed by atoms with E-state index in [0.717, 1.165) is 31.6 Å². The molecule has 0 aromatic heterocycles. The van der Waals surface area contributed by atoms with Gasteiger partial charge in [0.15, 0.2) is 0 Å². The molecule has 0 atom stereocenters. The SMILES string of the molecule is CC(=O)Nc1ccc(N(CCC(=O)N2CCCCCC2)C(C)=O)cc1. The van der Waals surface area contributed by atoms with Crippen LogP contribution in [-0.2, 0) is 14.4 Å². The predicted octanol–water partition coefficient (Wildman–Crippen LogP) is 2.79. The predicted molar refractivity (Wildman–Crippen MR) is 98.4 cm³/mol. The molecule has 2 rings (SSSR count). The van der Waals surface area contributed by atoms with Crippen LogP contribution in [0, 0.1) is 0 Å². The number of carbonyl (C=O) groups excluding carboxylic acids is 3. The second-order valence-electron chi connectivity index (χ2n) is 6.44. The minimum absolute atomic E-state index is 0.101. The number of hydrogen-bond acceptors (Lipinski definition) is 3. The average molecular weight is 345 g/mol. The first-order chi connectivity index (χ1) is 12.0. The summed E-state index contributed by atoms with van der Waals surface area (Å²) in [5.41, 5.74) is 1.41. The fraction of sp³-hybridized carbons (Fsp3) is 0.526. The van der Waals surface area contributed by atoms with Crippen LogP contribution in [0.1, 0.15) is 46.0 Å². The van der Waals surface area contributed by atoms with E-state index in [1.54, 1.807) is 29.2 Å². The van der Waals surface area contributed by atoms with Gasteiger partial charge in [0.25, 0.3) is 0 Å². The number of amides is 3. The van der Waals surface area contributed by atoms with Crippen LogP contribution in [-0.4, -0.2) is 42.3 Å². The Bertz CT molecular complexity index is 605. The molecule has 0 unspecified atom stereocenters. The monoisotopic (exact) mass is 345 g/mol. The number of carbonyl (C=O) groups is 3. The molecule has 0 aliphatic carbocycles.